The highest BCUT2D eigenvalue weighted by atomic mass is 32.1. The van der Waals surface area contributed by atoms with Gasteiger partial charge in [0.25, 0.3) is 5.56 Å². The third-order valence-corrected chi connectivity index (χ3v) is 2.63. The van der Waals surface area contributed by atoms with Gasteiger partial charge in [-0.3, -0.25) is 15.2 Å². The third-order valence-electron chi connectivity index (χ3n) is 1.85. The molecular formula is C9H10N4O2S. The molecule has 2 amide bonds. The molecule has 0 fully saturated rings. The van der Waals surface area contributed by atoms with Gasteiger partial charge in [0.05, 0.1) is 17.2 Å². The van der Waals surface area contributed by atoms with Crippen LogP contribution < -0.4 is 16.2 Å². The normalized spacial score (nSPS) is 10.0. The molecule has 0 unspecified atom stereocenters. The fraction of sp³-hybridized carbons (Fsp3) is 0.111. The monoisotopic (exact) mass is 238 g/mol. The molecule has 0 aliphatic rings. The molecule has 16 heavy (non-hydrogen) atoms. The summed E-state index contributed by atoms with van der Waals surface area (Å²) in [4.78, 5) is 22.2. The zero-order valence-electron chi connectivity index (χ0n) is 8.24. The van der Waals surface area contributed by atoms with Crippen molar-refractivity contribution in [3.63, 3.8) is 0 Å². The number of carbonyl (C=O) groups excluding carboxylic acids is 1. The van der Waals surface area contributed by atoms with E-state index in [0.29, 0.717) is 5.69 Å². The predicted octanol–water partition coefficient (Wildman–Crippen LogP) is 1.09. The van der Waals surface area contributed by atoms with E-state index in [9.17, 15) is 9.59 Å². The Kier molecular flexibility index (Phi) is 3.06. The quantitative estimate of drug-likeness (QED) is 0.644. The van der Waals surface area contributed by atoms with Gasteiger partial charge >= 0.3 is 6.03 Å². The van der Waals surface area contributed by atoms with Gasteiger partial charge in [-0.25, -0.2) is 4.79 Å². The van der Waals surface area contributed by atoms with E-state index in [4.69, 9.17) is 0 Å². The molecule has 2 aromatic rings. The molecule has 4 N–H and O–H groups in total. The minimum atomic E-state index is -0.301. The van der Waals surface area contributed by atoms with Crippen molar-refractivity contribution in [1.82, 2.24) is 15.5 Å². The fourth-order valence-electron chi connectivity index (χ4n) is 1.15. The molecule has 0 saturated heterocycles. The van der Waals surface area contributed by atoms with Crippen molar-refractivity contribution in [2.45, 2.75) is 6.54 Å². The molecule has 2 aromatic heterocycles. The average molecular weight is 238 g/mol. The molecule has 0 aromatic carbocycles. The van der Waals surface area contributed by atoms with Crippen LogP contribution in [-0.2, 0) is 6.54 Å². The molecule has 0 aliphatic carbocycles. The zero-order chi connectivity index (χ0) is 11.4. The third kappa shape index (κ3) is 2.74. The summed E-state index contributed by atoms with van der Waals surface area (Å²) in [7, 11) is 0. The highest BCUT2D eigenvalue weighted by molar-refractivity contribution is 7.14. The number of H-pyrrole nitrogens is 2. The molecule has 2 rings (SSSR count). The average Bonchev–Trinajstić information content (AvgIpc) is 2.87. The molecule has 0 saturated carbocycles. The number of urea groups is 1. The van der Waals surface area contributed by atoms with Gasteiger partial charge < -0.3 is 10.4 Å². The second-order valence-corrected chi connectivity index (χ2v) is 4.02. The summed E-state index contributed by atoms with van der Waals surface area (Å²) in [6.45, 7) is 0.274. The molecule has 2 heterocycles. The minimum absolute atomic E-state index is 0.213. The van der Waals surface area contributed by atoms with Gasteiger partial charge in [0.1, 0.15) is 0 Å². The topological polar surface area (TPSA) is 89.8 Å². The van der Waals surface area contributed by atoms with E-state index in [-0.39, 0.29) is 18.1 Å². The Bertz CT molecular complexity index is 514. The molecule has 0 spiro atoms. The van der Waals surface area contributed by atoms with Gasteiger partial charge in [-0.1, -0.05) is 0 Å². The summed E-state index contributed by atoms with van der Waals surface area (Å²) in [5.74, 6) is 0. The lowest BCUT2D eigenvalue weighted by molar-refractivity contribution is 0.251. The number of anilines is 1. The summed E-state index contributed by atoms with van der Waals surface area (Å²) in [5, 5.41) is 13.0. The molecule has 84 valence electrons. The van der Waals surface area contributed by atoms with Crippen molar-refractivity contribution >= 4 is 22.4 Å². The van der Waals surface area contributed by atoms with E-state index < -0.39 is 0 Å². The molecule has 0 atom stereocenters. The summed E-state index contributed by atoms with van der Waals surface area (Å²) >= 11 is 1.44. The number of hydrogen-bond acceptors (Lipinski definition) is 3. The van der Waals surface area contributed by atoms with E-state index in [1.54, 1.807) is 0 Å². The van der Waals surface area contributed by atoms with Crippen LogP contribution in [0.5, 0.6) is 0 Å². The van der Waals surface area contributed by atoms with Crippen molar-refractivity contribution in [2.75, 3.05) is 5.32 Å². The van der Waals surface area contributed by atoms with Crippen LogP contribution in [-0.4, -0.2) is 16.2 Å². The molecular weight excluding hydrogens is 228 g/mol. The smallest absolute Gasteiger partial charge is 0.320 e. The number of carbonyl (C=O) groups is 1. The molecule has 6 nitrogen and oxygen atoms in total. The standard InChI is InChI=1S/C9H10N4O2S/c14-7-4-6(12-13-7)5-10-9(15)11-8-2-1-3-16-8/h1-4H,5H2,(H2,10,11,15)(H2,12,13,14). The predicted molar refractivity (Wildman–Crippen MR) is 61.6 cm³/mol. The minimum Gasteiger partial charge on any atom is -0.332 e. The van der Waals surface area contributed by atoms with E-state index >= 15 is 0 Å². The summed E-state index contributed by atoms with van der Waals surface area (Å²) in [6, 6.07) is 4.75. The van der Waals surface area contributed by atoms with Gasteiger partial charge in [-0.2, -0.15) is 0 Å². The second kappa shape index (κ2) is 4.67. The SMILES string of the molecule is O=C(NCc1cc(=O)[nH][nH]1)Nc1cccs1. The number of aromatic nitrogens is 2. The van der Waals surface area contributed by atoms with Gasteiger partial charge in [0.2, 0.25) is 0 Å². The van der Waals surface area contributed by atoms with Crippen LogP contribution in [0.4, 0.5) is 9.80 Å². The first-order valence-corrected chi connectivity index (χ1v) is 5.47. The van der Waals surface area contributed by atoms with E-state index in [0.717, 1.165) is 5.00 Å². The molecule has 0 radical (unpaired) electrons. The van der Waals surface area contributed by atoms with Crippen molar-refractivity contribution < 1.29 is 4.79 Å². The first-order chi connectivity index (χ1) is 7.74. The molecule has 0 aliphatic heterocycles. The largest absolute Gasteiger partial charge is 0.332 e. The maximum absolute atomic E-state index is 11.4. The molecule has 0 bridgehead atoms. The fourth-order valence-corrected chi connectivity index (χ4v) is 1.76. The van der Waals surface area contributed by atoms with E-state index in [1.807, 2.05) is 17.5 Å². The second-order valence-electron chi connectivity index (χ2n) is 3.07. The Balaban J connectivity index is 1.82. The maximum atomic E-state index is 11.4. The number of aromatic amines is 2. The van der Waals surface area contributed by atoms with E-state index in [2.05, 4.69) is 20.8 Å². The first kappa shape index (κ1) is 10.5. The molecule has 7 heteroatoms. The number of hydrogen-bond donors (Lipinski definition) is 4. The lowest BCUT2D eigenvalue weighted by Crippen LogP contribution is -2.27. The summed E-state index contributed by atoms with van der Waals surface area (Å²) in [6.07, 6.45) is 0. The first-order valence-electron chi connectivity index (χ1n) is 4.59. The number of amides is 2. The van der Waals surface area contributed by atoms with Crippen molar-refractivity contribution in [2.24, 2.45) is 0 Å². The summed E-state index contributed by atoms with van der Waals surface area (Å²) in [5.41, 5.74) is 0.418. The van der Waals surface area contributed by atoms with Crippen LogP contribution in [0.2, 0.25) is 0 Å². The Morgan fingerprint density at radius 1 is 1.44 bits per heavy atom. The number of thiophene rings is 1. The van der Waals surface area contributed by atoms with Crippen molar-refractivity contribution in [3.8, 4) is 0 Å². The van der Waals surface area contributed by atoms with Crippen LogP contribution in [0.15, 0.2) is 28.4 Å². The summed E-state index contributed by atoms with van der Waals surface area (Å²) < 4.78 is 0. The van der Waals surface area contributed by atoms with Crippen LogP contribution in [0, 0.1) is 0 Å². The number of rotatable bonds is 3. The highest BCUT2D eigenvalue weighted by Gasteiger charge is 2.02. The Hall–Kier alpha value is -2.02. The maximum Gasteiger partial charge on any atom is 0.320 e. The van der Waals surface area contributed by atoms with Crippen molar-refractivity contribution in [3.05, 3.63) is 39.6 Å². The van der Waals surface area contributed by atoms with Crippen LogP contribution in [0.1, 0.15) is 5.69 Å². The van der Waals surface area contributed by atoms with Gasteiger partial charge in [-0.05, 0) is 17.5 Å². The Labute approximate surface area is 94.7 Å². The number of nitrogens with one attached hydrogen (secondary N) is 4. The highest BCUT2D eigenvalue weighted by Crippen LogP contribution is 2.14. The van der Waals surface area contributed by atoms with Gasteiger partial charge in [0, 0.05) is 6.07 Å². The van der Waals surface area contributed by atoms with E-state index in [1.165, 1.54) is 17.4 Å². The van der Waals surface area contributed by atoms with Crippen LogP contribution >= 0.6 is 11.3 Å². The zero-order valence-corrected chi connectivity index (χ0v) is 9.06. The lowest BCUT2D eigenvalue weighted by Gasteiger charge is -2.03. The Morgan fingerprint density at radius 3 is 2.94 bits per heavy atom. The van der Waals surface area contributed by atoms with Gasteiger partial charge in [0.15, 0.2) is 0 Å². The van der Waals surface area contributed by atoms with Crippen LogP contribution in [0.3, 0.4) is 0 Å². The van der Waals surface area contributed by atoms with Gasteiger partial charge in [-0.15, -0.1) is 11.3 Å². The lowest BCUT2D eigenvalue weighted by atomic mass is 10.4. The van der Waals surface area contributed by atoms with Crippen LogP contribution in [0.25, 0.3) is 0 Å². The Morgan fingerprint density at radius 2 is 2.31 bits per heavy atom. The van der Waals surface area contributed by atoms with Crippen molar-refractivity contribution in [1.29, 1.82) is 0 Å².